The molecule has 2 aromatic carbocycles. The molecule has 0 atom stereocenters. The molecule has 1 N–H and O–H groups in total. The second-order valence-electron chi connectivity index (χ2n) is 6.17. The van der Waals surface area contributed by atoms with E-state index in [4.69, 9.17) is 14.2 Å². The van der Waals surface area contributed by atoms with E-state index in [9.17, 15) is 4.79 Å². The molecule has 0 bridgehead atoms. The van der Waals surface area contributed by atoms with Crippen molar-refractivity contribution in [2.45, 2.75) is 0 Å². The molecule has 7 heteroatoms. The Morgan fingerprint density at radius 2 is 1.52 bits per heavy atom. The molecule has 1 saturated heterocycles. The van der Waals surface area contributed by atoms with Gasteiger partial charge < -0.3 is 29.3 Å². The zero-order valence-electron chi connectivity index (χ0n) is 15.9. The van der Waals surface area contributed by atoms with Crippen LogP contribution in [0.2, 0.25) is 0 Å². The molecule has 1 heterocycles. The van der Waals surface area contributed by atoms with Crippen LogP contribution in [0.1, 0.15) is 0 Å². The molecule has 1 aliphatic heterocycles. The number of carbonyl (C=O) groups excluding carboxylic acids is 1. The van der Waals surface area contributed by atoms with Gasteiger partial charge in [-0.2, -0.15) is 0 Å². The maximum Gasteiger partial charge on any atom is 0.321 e. The van der Waals surface area contributed by atoms with Crippen molar-refractivity contribution in [1.82, 2.24) is 4.90 Å². The van der Waals surface area contributed by atoms with E-state index in [2.05, 4.69) is 10.2 Å². The van der Waals surface area contributed by atoms with Gasteiger partial charge in [0.05, 0.1) is 21.3 Å². The van der Waals surface area contributed by atoms with Crippen molar-refractivity contribution >= 4 is 17.4 Å². The predicted molar refractivity (Wildman–Crippen MR) is 105 cm³/mol. The maximum atomic E-state index is 12.5. The average molecular weight is 371 g/mol. The predicted octanol–water partition coefficient (Wildman–Crippen LogP) is 3.07. The minimum atomic E-state index is -0.0906. The maximum absolute atomic E-state index is 12.5. The Morgan fingerprint density at radius 1 is 0.852 bits per heavy atom. The fourth-order valence-electron chi connectivity index (χ4n) is 3.07. The molecule has 0 saturated carbocycles. The zero-order chi connectivity index (χ0) is 19.2. The highest BCUT2D eigenvalue weighted by atomic mass is 16.5. The number of piperazine rings is 1. The lowest BCUT2D eigenvalue weighted by Gasteiger charge is -2.36. The number of nitrogens with one attached hydrogen (secondary N) is 1. The fourth-order valence-corrected chi connectivity index (χ4v) is 3.07. The number of urea groups is 1. The van der Waals surface area contributed by atoms with Crippen molar-refractivity contribution in [3.63, 3.8) is 0 Å². The van der Waals surface area contributed by atoms with E-state index in [1.54, 1.807) is 21.3 Å². The number of ether oxygens (including phenoxy) is 3. The lowest BCUT2D eigenvalue weighted by atomic mass is 10.2. The summed E-state index contributed by atoms with van der Waals surface area (Å²) in [6, 6.07) is 13.1. The van der Waals surface area contributed by atoms with Crippen LogP contribution in [0.15, 0.2) is 42.5 Å². The van der Waals surface area contributed by atoms with Crippen molar-refractivity contribution in [1.29, 1.82) is 0 Å². The van der Waals surface area contributed by atoms with Gasteiger partial charge in [0, 0.05) is 43.6 Å². The first-order chi connectivity index (χ1) is 13.1. The third-order valence-corrected chi connectivity index (χ3v) is 4.64. The Labute approximate surface area is 159 Å². The normalized spacial score (nSPS) is 13.9. The highest BCUT2D eigenvalue weighted by Crippen LogP contribution is 2.31. The number of methoxy groups -OCH3 is 3. The molecule has 1 aliphatic rings. The van der Waals surface area contributed by atoms with Crippen molar-refractivity contribution in [3.8, 4) is 17.2 Å². The van der Waals surface area contributed by atoms with E-state index in [1.165, 1.54) is 0 Å². The van der Waals surface area contributed by atoms with Gasteiger partial charge in [0.25, 0.3) is 0 Å². The summed E-state index contributed by atoms with van der Waals surface area (Å²) in [4.78, 5) is 16.5. The smallest absolute Gasteiger partial charge is 0.321 e. The molecule has 0 unspecified atom stereocenters. The number of amides is 2. The van der Waals surface area contributed by atoms with E-state index in [1.807, 2.05) is 47.4 Å². The lowest BCUT2D eigenvalue weighted by Crippen LogP contribution is -2.50. The van der Waals surface area contributed by atoms with Crippen LogP contribution in [0.5, 0.6) is 17.2 Å². The Morgan fingerprint density at radius 3 is 2.11 bits per heavy atom. The standard InChI is InChI=1S/C20H25N3O4/c1-25-17-7-4-15(5-8-17)21-20(24)23-12-10-22(11-13-23)16-6-9-18(26-2)19(14-16)27-3/h4-9,14H,10-13H2,1-3H3,(H,21,24). The van der Waals surface area contributed by atoms with E-state index in [0.717, 1.165) is 30.2 Å². The van der Waals surface area contributed by atoms with Crippen molar-refractivity contribution < 1.29 is 19.0 Å². The number of benzene rings is 2. The first-order valence-electron chi connectivity index (χ1n) is 8.81. The Balaban J connectivity index is 1.57. The molecular weight excluding hydrogens is 346 g/mol. The number of anilines is 2. The monoisotopic (exact) mass is 371 g/mol. The van der Waals surface area contributed by atoms with Gasteiger partial charge in [-0.3, -0.25) is 0 Å². The number of rotatable bonds is 5. The molecule has 0 spiro atoms. The Hall–Kier alpha value is -3.09. The summed E-state index contributed by atoms with van der Waals surface area (Å²) in [5.41, 5.74) is 1.81. The molecule has 2 aromatic rings. The van der Waals surface area contributed by atoms with Crippen LogP contribution >= 0.6 is 0 Å². The third-order valence-electron chi connectivity index (χ3n) is 4.64. The Bertz CT molecular complexity index is 771. The quantitative estimate of drug-likeness (QED) is 0.875. The Kier molecular flexibility index (Phi) is 5.90. The molecule has 1 fully saturated rings. The molecule has 144 valence electrons. The number of nitrogens with zero attached hydrogens (tertiary/aromatic N) is 2. The summed E-state index contributed by atoms with van der Waals surface area (Å²) in [7, 11) is 4.87. The van der Waals surface area contributed by atoms with Crippen molar-refractivity contribution in [2.24, 2.45) is 0 Å². The zero-order valence-corrected chi connectivity index (χ0v) is 15.9. The van der Waals surface area contributed by atoms with Crippen molar-refractivity contribution in [3.05, 3.63) is 42.5 Å². The van der Waals surface area contributed by atoms with E-state index in [0.29, 0.717) is 24.6 Å². The SMILES string of the molecule is COc1ccc(NC(=O)N2CCN(c3ccc(OC)c(OC)c3)CC2)cc1. The van der Waals surface area contributed by atoms with Crippen LogP contribution in [0, 0.1) is 0 Å². The molecule has 27 heavy (non-hydrogen) atoms. The molecule has 0 aromatic heterocycles. The molecule has 3 rings (SSSR count). The first-order valence-corrected chi connectivity index (χ1v) is 8.81. The minimum absolute atomic E-state index is 0.0906. The van der Waals surface area contributed by atoms with Gasteiger partial charge in [0.1, 0.15) is 5.75 Å². The summed E-state index contributed by atoms with van der Waals surface area (Å²) in [6.45, 7) is 2.81. The van der Waals surface area contributed by atoms with Crippen LogP contribution in [0.25, 0.3) is 0 Å². The van der Waals surface area contributed by atoms with E-state index in [-0.39, 0.29) is 6.03 Å². The minimum Gasteiger partial charge on any atom is -0.497 e. The highest BCUT2D eigenvalue weighted by Gasteiger charge is 2.22. The summed E-state index contributed by atoms with van der Waals surface area (Å²) in [6.07, 6.45) is 0. The molecule has 2 amide bonds. The molecular formula is C20H25N3O4. The average Bonchev–Trinajstić information content (AvgIpc) is 2.73. The van der Waals surface area contributed by atoms with Gasteiger partial charge in [-0.1, -0.05) is 0 Å². The highest BCUT2D eigenvalue weighted by molar-refractivity contribution is 5.89. The third kappa shape index (κ3) is 4.36. The van der Waals surface area contributed by atoms with Crippen LogP contribution in [-0.2, 0) is 0 Å². The van der Waals surface area contributed by atoms with Gasteiger partial charge in [-0.25, -0.2) is 4.79 Å². The fraction of sp³-hybridized carbons (Fsp3) is 0.350. The van der Waals surface area contributed by atoms with E-state index < -0.39 is 0 Å². The van der Waals surface area contributed by atoms with Crippen LogP contribution in [-0.4, -0.2) is 58.4 Å². The lowest BCUT2D eigenvalue weighted by molar-refractivity contribution is 0.208. The summed E-state index contributed by atoms with van der Waals surface area (Å²) >= 11 is 0. The number of hydrogen-bond donors (Lipinski definition) is 1. The van der Waals surface area contributed by atoms with Crippen LogP contribution in [0.3, 0.4) is 0 Å². The number of hydrogen-bond acceptors (Lipinski definition) is 5. The van der Waals surface area contributed by atoms with Crippen LogP contribution < -0.4 is 24.4 Å². The van der Waals surface area contributed by atoms with Gasteiger partial charge in [0.2, 0.25) is 0 Å². The van der Waals surface area contributed by atoms with Crippen molar-refractivity contribution in [2.75, 3.05) is 57.7 Å². The summed E-state index contributed by atoms with van der Waals surface area (Å²) in [5, 5.41) is 2.93. The van der Waals surface area contributed by atoms with Gasteiger partial charge >= 0.3 is 6.03 Å². The summed E-state index contributed by atoms with van der Waals surface area (Å²) < 4.78 is 15.8. The molecule has 0 radical (unpaired) electrons. The summed E-state index contributed by atoms with van der Waals surface area (Å²) in [5.74, 6) is 2.17. The van der Waals surface area contributed by atoms with Gasteiger partial charge in [0.15, 0.2) is 11.5 Å². The molecule has 7 nitrogen and oxygen atoms in total. The topological polar surface area (TPSA) is 63.3 Å². The second kappa shape index (κ2) is 8.53. The van der Waals surface area contributed by atoms with Gasteiger partial charge in [-0.15, -0.1) is 0 Å². The molecule has 0 aliphatic carbocycles. The van der Waals surface area contributed by atoms with Crippen LogP contribution in [0.4, 0.5) is 16.2 Å². The first kappa shape index (κ1) is 18.7. The second-order valence-corrected chi connectivity index (χ2v) is 6.17. The number of carbonyl (C=O) groups is 1. The van der Waals surface area contributed by atoms with E-state index >= 15 is 0 Å². The van der Waals surface area contributed by atoms with Gasteiger partial charge in [-0.05, 0) is 36.4 Å². The largest absolute Gasteiger partial charge is 0.497 e.